The number of aliphatic hydroxyl groups excluding tert-OH is 1. The normalized spacial score (nSPS) is 20.1. The van der Waals surface area contributed by atoms with Crippen LogP contribution >= 0.6 is 0 Å². The van der Waals surface area contributed by atoms with E-state index in [9.17, 15) is 13.5 Å². The minimum absolute atomic E-state index is 0.0692. The molecule has 0 aromatic heterocycles. The van der Waals surface area contributed by atoms with Gasteiger partial charge in [0.05, 0.1) is 20.8 Å². The second-order valence-corrected chi connectivity index (χ2v) is 6.47. The molecule has 2 rings (SSSR count). The number of aliphatic hydroxyl groups is 1. The van der Waals surface area contributed by atoms with Crippen molar-refractivity contribution in [3.8, 4) is 11.5 Å². The summed E-state index contributed by atoms with van der Waals surface area (Å²) in [6.07, 6.45) is 1.42. The molecule has 1 heterocycles. The van der Waals surface area contributed by atoms with Gasteiger partial charge in [-0.25, -0.2) is 8.42 Å². The van der Waals surface area contributed by atoms with Gasteiger partial charge in [-0.3, -0.25) is 0 Å². The first kappa shape index (κ1) is 15.1. The molecule has 0 aliphatic carbocycles. The molecule has 1 atom stereocenters. The Morgan fingerprint density at radius 2 is 2.10 bits per heavy atom. The molecule has 1 saturated heterocycles. The predicted molar refractivity (Wildman–Crippen MR) is 73.5 cm³/mol. The Bertz CT molecular complexity index is 572. The Hall–Kier alpha value is -1.31. The van der Waals surface area contributed by atoms with E-state index in [1.165, 1.54) is 24.6 Å². The van der Waals surface area contributed by atoms with Crippen LogP contribution in [-0.4, -0.2) is 51.2 Å². The number of methoxy groups -OCH3 is 2. The SMILES string of the molecule is COc1ccc(OC)c(S(=O)(=O)N2CCCC2CO)c1. The van der Waals surface area contributed by atoms with E-state index in [4.69, 9.17) is 9.47 Å². The van der Waals surface area contributed by atoms with Gasteiger partial charge in [0.15, 0.2) is 0 Å². The molecular weight excluding hydrogens is 282 g/mol. The van der Waals surface area contributed by atoms with Crippen molar-refractivity contribution >= 4 is 10.0 Å². The van der Waals surface area contributed by atoms with Crippen molar-refractivity contribution in [3.05, 3.63) is 18.2 Å². The van der Waals surface area contributed by atoms with Gasteiger partial charge in [0, 0.05) is 18.7 Å². The van der Waals surface area contributed by atoms with Crippen molar-refractivity contribution in [3.63, 3.8) is 0 Å². The van der Waals surface area contributed by atoms with Crippen LogP contribution in [0.2, 0.25) is 0 Å². The van der Waals surface area contributed by atoms with Gasteiger partial charge in [-0.15, -0.1) is 0 Å². The highest BCUT2D eigenvalue weighted by Gasteiger charge is 2.36. The van der Waals surface area contributed by atoms with Crippen molar-refractivity contribution in [2.75, 3.05) is 27.4 Å². The minimum Gasteiger partial charge on any atom is -0.497 e. The van der Waals surface area contributed by atoms with Gasteiger partial charge in [-0.05, 0) is 25.0 Å². The Balaban J connectivity index is 2.47. The molecule has 0 radical (unpaired) electrons. The molecule has 1 aromatic rings. The lowest BCUT2D eigenvalue weighted by Gasteiger charge is -2.23. The van der Waals surface area contributed by atoms with E-state index in [1.807, 2.05) is 0 Å². The first-order valence-corrected chi connectivity index (χ1v) is 7.83. The standard InChI is InChI=1S/C13H19NO5S/c1-18-11-5-6-12(19-2)13(8-11)20(16,17)14-7-3-4-10(14)9-15/h5-6,8,10,15H,3-4,7,9H2,1-2H3. The van der Waals surface area contributed by atoms with E-state index in [-0.39, 0.29) is 23.3 Å². The van der Waals surface area contributed by atoms with Crippen LogP contribution in [0.25, 0.3) is 0 Å². The maximum absolute atomic E-state index is 12.7. The highest BCUT2D eigenvalue weighted by molar-refractivity contribution is 7.89. The molecular formula is C13H19NO5S. The number of nitrogens with zero attached hydrogens (tertiary/aromatic N) is 1. The molecule has 20 heavy (non-hydrogen) atoms. The summed E-state index contributed by atoms with van der Waals surface area (Å²) < 4.78 is 37.0. The molecule has 0 bridgehead atoms. The first-order valence-electron chi connectivity index (χ1n) is 6.39. The van der Waals surface area contributed by atoms with E-state index >= 15 is 0 Å². The van der Waals surface area contributed by atoms with E-state index in [2.05, 4.69) is 0 Å². The Labute approximate surface area is 119 Å². The summed E-state index contributed by atoms with van der Waals surface area (Å²) in [6.45, 7) is 0.236. The summed E-state index contributed by atoms with van der Waals surface area (Å²) in [7, 11) is -0.805. The van der Waals surface area contributed by atoms with Crippen molar-refractivity contribution in [1.82, 2.24) is 4.31 Å². The van der Waals surface area contributed by atoms with Crippen LogP contribution < -0.4 is 9.47 Å². The second kappa shape index (κ2) is 5.99. The summed E-state index contributed by atoms with van der Waals surface area (Å²) in [5, 5.41) is 9.31. The van der Waals surface area contributed by atoms with Gasteiger partial charge >= 0.3 is 0 Å². The van der Waals surface area contributed by atoms with Gasteiger partial charge < -0.3 is 14.6 Å². The van der Waals surface area contributed by atoms with Crippen LogP contribution in [0, 0.1) is 0 Å². The largest absolute Gasteiger partial charge is 0.497 e. The van der Waals surface area contributed by atoms with Gasteiger partial charge in [0.2, 0.25) is 10.0 Å². The summed E-state index contributed by atoms with van der Waals surface area (Å²) in [6, 6.07) is 4.29. The minimum atomic E-state index is -3.71. The third kappa shape index (κ3) is 2.61. The van der Waals surface area contributed by atoms with Gasteiger partial charge in [0.1, 0.15) is 16.4 Å². The van der Waals surface area contributed by atoms with Crippen LogP contribution in [0.4, 0.5) is 0 Å². The highest BCUT2D eigenvalue weighted by Crippen LogP contribution is 2.33. The molecule has 1 aliphatic rings. The number of ether oxygens (including phenoxy) is 2. The molecule has 7 heteroatoms. The summed E-state index contributed by atoms with van der Waals surface area (Å²) >= 11 is 0. The third-order valence-electron chi connectivity index (χ3n) is 3.49. The number of hydrogen-bond donors (Lipinski definition) is 1. The van der Waals surface area contributed by atoms with Crippen LogP contribution in [0.15, 0.2) is 23.1 Å². The first-order chi connectivity index (χ1) is 9.54. The third-order valence-corrected chi connectivity index (χ3v) is 5.46. The molecule has 112 valence electrons. The van der Waals surface area contributed by atoms with Crippen LogP contribution in [0.5, 0.6) is 11.5 Å². The van der Waals surface area contributed by atoms with E-state index in [1.54, 1.807) is 12.1 Å². The molecule has 0 saturated carbocycles. The lowest BCUT2D eigenvalue weighted by Crippen LogP contribution is -2.37. The number of benzene rings is 1. The fraction of sp³-hybridized carbons (Fsp3) is 0.538. The Morgan fingerprint density at radius 1 is 1.35 bits per heavy atom. The van der Waals surface area contributed by atoms with Crippen molar-refractivity contribution in [2.45, 2.75) is 23.8 Å². The zero-order chi connectivity index (χ0) is 14.8. The zero-order valence-corrected chi connectivity index (χ0v) is 12.4. The summed E-state index contributed by atoms with van der Waals surface area (Å²) in [4.78, 5) is 0.0692. The smallest absolute Gasteiger partial charge is 0.247 e. The van der Waals surface area contributed by atoms with E-state index < -0.39 is 10.0 Å². The number of hydrogen-bond acceptors (Lipinski definition) is 5. The predicted octanol–water partition coefficient (Wildman–Crippen LogP) is 0.849. The summed E-state index contributed by atoms with van der Waals surface area (Å²) in [5.41, 5.74) is 0. The monoisotopic (exact) mass is 301 g/mol. The van der Waals surface area contributed by atoms with Crippen molar-refractivity contribution in [1.29, 1.82) is 0 Å². The molecule has 1 aliphatic heterocycles. The number of rotatable bonds is 5. The Kier molecular flexibility index (Phi) is 4.52. The van der Waals surface area contributed by atoms with Gasteiger partial charge in [-0.1, -0.05) is 0 Å². The average Bonchev–Trinajstić information content (AvgIpc) is 2.95. The van der Waals surface area contributed by atoms with E-state index in [0.717, 1.165) is 6.42 Å². The second-order valence-electron chi connectivity index (χ2n) is 4.61. The Morgan fingerprint density at radius 3 is 2.70 bits per heavy atom. The molecule has 1 aromatic carbocycles. The van der Waals surface area contributed by atoms with Crippen LogP contribution in [0.3, 0.4) is 0 Å². The average molecular weight is 301 g/mol. The van der Waals surface area contributed by atoms with Crippen molar-refractivity contribution in [2.24, 2.45) is 0 Å². The highest BCUT2D eigenvalue weighted by atomic mass is 32.2. The van der Waals surface area contributed by atoms with E-state index in [0.29, 0.717) is 18.7 Å². The lowest BCUT2D eigenvalue weighted by molar-refractivity contribution is 0.213. The molecule has 1 unspecified atom stereocenters. The maximum atomic E-state index is 12.7. The maximum Gasteiger partial charge on any atom is 0.247 e. The van der Waals surface area contributed by atoms with Crippen LogP contribution in [-0.2, 0) is 10.0 Å². The quantitative estimate of drug-likeness (QED) is 0.872. The molecule has 0 spiro atoms. The fourth-order valence-corrected chi connectivity index (χ4v) is 4.28. The molecule has 1 fully saturated rings. The molecule has 6 nitrogen and oxygen atoms in total. The number of sulfonamides is 1. The molecule has 1 N–H and O–H groups in total. The van der Waals surface area contributed by atoms with Crippen molar-refractivity contribution < 1.29 is 23.0 Å². The fourth-order valence-electron chi connectivity index (χ4n) is 2.42. The summed E-state index contributed by atoms with van der Waals surface area (Å²) in [5.74, 6) is 0.721. The van der Waals surface area contributed by atoms with Crippen LogP contribution in [0.1, 0.15) is 12.8 Å². The molecule has 0 amide bonds. The van der Waals surface area contributed by atoms with Gasteiger partial charge in [-0.2, -0.15) is 4.31 Å². The lowest BCUT2D eigenvalue weighted by atomic mass is 10.2. The topological polar surface area (TPSA) is 76.1 Å². The van der Waals surface area contributed by atoms with Gasteiger partial charge in [0.25, 0.3) is 0 Å². The zero-order valence-electron chi connectivity index (χ0n) is 11.6.